The molecule has 1 fully saturated rings. The second kappa shape index (κ2) is 11.0. The number of carbonyl (C=O) groups is 1. The van der Waals surface area contributed by atoms with Crippen molar-refractivity contribution in [3.63, 3.8) is 0 Å². The molecule has 0 spiro atoms. The van der Waals surface area contributed by atoms with Gasteiger partial charge in [0.05, 0.1) is 6.54 Å². The molecule has 1 aliphatic rings. The summed E-state index contributed by atoms with van der Waals surface area (Å²) in [6, 6.07) is 7.68. The van der Waals surface area contributed by atoms with E-state index in [1.807, 2.05) is 31.2 Å². The van der Waals surface area contributed by atoms with Crippen LogP contribution in [0, 0.1) is 5.92 Å². The van der Waals surface area contributed by atoms with Gasteiger partial charge >= 0.3 is 0 Å². The Morgan fingerprint density at radius 1 is 1.08 bits per heavy atom. The van der Waals surface area contributed by atoms with E-state index in [-0.39, 0.29) is 11.8 Å². The van der Waals surface area contributed by atoms with Gasteiger partial charge in [-0.25, -0.2) is 4.99 Å². The molecule has 1 aromatic rings. The Morgan fingerprint density at radius 2 is 1.76 bits per heavy atom. The largest absolute Gasteiger partial charge is 0.357 e. The van der Waals surface area contributed by atoms with Gasteiger partial charge in [0.2, 0.25) is 5.91 Å². The Labute approximate surface area is 155 Å². The molecular formula is C19H29ClN4O. The Bertz CT molecular complexity index is 553. The van der Waals surface area contributed by atoms with Crippen LogP contribution in [0.5, 0.6) is 0 Å². The molecule has 1 saturated carbocycles. The predicted octanol–water partition coefficient (Wildman–Crippen LogP) is 3.09. The number of halogens is 1. The highest BCUT2D eigenvalue weighted by atomic mass is 35.5. The molecule has 0 atom stereocenters. The molecule has 1 aliphatic carbocycles. The van der Waals surface area contributed by atoms with Crippen LogP contribution in [0.3, 0.4) is 0 Å². The zero-order valence-electron chi connectivity index (χ0n) is 15.0. The summed E-state index contributed by atoms with van der Waals surface area (Å²) in [5.41, 5.74) is 1.10. The molecule has 0 heterocycles. The minimum absolute atomic E-state index is 0.199. The number of nitrogens with one attached hydrogen (secondary N) is 3. The second-order valence-electron chi connectivity index (χ2n) is 6.37. The van der Waals surface area contributed by atoms with Crippen molar-refractivity contribution in [2.24, 2.45) is 10.9 Å². The van der Waals surface area contributed by atoms with Crippen LogP contribution in [0.4, 0.5) is 0 Å². The van der Waals surface area contributed by atoms with Gasteiger partial charge in [-0.05, 0) is 37.5 Å². The van der Waals surface area contributed by atoms with Gasteiger partial charge < -0.3 is 16.0 Å². The van der Waals surface area contributed by atoms with Crippen molar-refractivity contribution >= 4 is 23.5 Å². The van der Waals surface area contributed by atoms with Crippen LogP contribution in [-0.2, 0) is 11.3 Å². The molecule has 0 bridgehead atoms. The molecule has 25 heavy (non-hydrogen) atoms. The molecule has 1 amide bonds. The van der Waals surface area contributed by atoms with Gasteiger partial charge in [0.25, 0.3) is 0 Å². The summed E-state index contributed by atoms with van der Waals surface area (Å²) in [6.45, 7) is 4.68. The third-order valence-corrected chi connectivity index (χ3v) is 4.62. The van der Waals surface area contributed by atoms with Crippen LogP contribution in [0.15, 0.2) is 29.3 Å². The first kappa shape index (κ1) is 19.6. The van der Waals surface area contributed by atoms with Crippen molar-refractivity contribution in [3.05, 3.63) is 34.9 Å². The summed E-state index contributed by atoms with van der Waals surface area (Å²) in [4.78, 5) is 16.7. The first-order chi connectivity index (χ1) is 12.2. The molecule has 0 unspecified atom stereocenters. The van der Waals surface area contributed by atoms with Crippen molar-refractivity contribution < 1.29 is 4.79 Å². The molecule has 6 heteroatoms. The van der Waals surface area contributed by atoms with Crippen molar-refractivity contribution in [2.45, 2.75) is 45.6 Å². The fourth-order valence-corrected chi connectivity index (χ4v) is 3.10. The van der Waals surface area contributed by atoms with Gasteiger partial charge in [0.15, 0.2) is 5.96 Å². The van der Waals surface area contributed by atoms with Gasteiger partial charge in [-0.15, -0.1) is 0 Å². The molecule has 0 radical (unpaired) electrons. The van der Waals surface area contributed by atoms with E-state index in [2.05, 4.69) is 20.9 Å². The molecular weight excluding hydrogens is 336 g/mol. The summed E-state index contributed by atoms with van der Waals surface area (Å²) < 4.78 is 0. The second-order valence-corrected chi connectivity index (χ2v) is 6.81. The Balaban J connectivity index is 1.72. The van der Waals surface area contributed by atoms with Gasteiger partial charge in [0.1, 0.15) is 0 Å². The third-order valence-electron chi connectivity index (χ3n) is 4.37. The fourth-order valence-electron chi connectivity index (χ4n) is 2.98. The number of hydrogen-bond acceptors (Lipinski definition) is 2. The Hall–Kier alpha value is -1.75. The summed E-state index contributed by atoms with van der Waals surface area (Å²) in [6.07, 6.45) is 5.69. The van der Waals surface area contributed by atoms with E-state index in [1.165, 1.54) is 19.3 Å². The SMILES string of the molecule is CCNC(=NCc1ccc(Cl)cc1)NCCNC(=O)C1CCCCC1. The van der Waals surface area contributed by atoms with E-state index in [1.54, 1.807) is 0 Å². The van der Waals surface area contributed by atoms with Gasteiger partial charge in [-0.3, -0.25) is 4.79 Å². The van der Waals surface area contributed by atoms with E-state index in [4.69, 9.17) is 11.6 Å². The van der Waals surface area contributed by atoms with Crippen LogP contribution in [0.2, 0.25) is 5.02 Å². The average Bonchev–Trinajstić information content (AvgIpc) is 2.65. The molecule has 3 N–H and O–H groups in total. The summed E-state index contributed by atoms with van der Waals surface area (Å²) in [5, 5.41) is 10.2. The average molecular weight is 365 g/mol. The lowest BCUT2D eigenvalue weighted by atomic mass is 9.89. The number of nitrogens with zero attached hydrogens (tertiary/aromatic N) is 1. The molecule has 5 nitrogen and oxygen atoms in total. The van der Waals surface area contributed by atoms with Crippen LogP contribution >= 0.6 is 11.6 Å². The highest BCUT2D eigenvalue weighted by Crippen LogP contribution is 2.23. The standard InChI is InChI=1S/C19H29ClN4O/c1-2-21-19(24-14-15-8-10-17(20)11-9-15)23-13-12-22-18(25)16-6-4-3-5-7-16/h8-11,16H,2-7,12-14H2,1H3,(H,22,25)(H2,21,23,24). The zero-order chi connectivity index (χ0) is 17.9. The molecule has 0 aliphatic heterocycles. The zero-order valence-corrected chi connectivity index (χ0v) is 15.7. The van der Waals surface area contributed by atoms with Gasteiger partial charge in [-0.1, -0.05) is 43.0 Å². The number of benzene rings is 1. The Kier molecular flexibility index (Phi) is 8.60. The molecule has 2 rings (SSSR count). The maximum absolute atomic E-state index is 12.1. The summed E-state index contributed by atoms with van der Waals surface area (Å²) in [7, 11) is 0. The van der Waals surface area contributed by atoms with E-state index >= 15 is 0 Å². The van der Waals surface area contributed by atoms with E-state index < -0.39 is 0 Å². The minimum Gasteiger partial charge on any atom is -0.357 e. The summed E-state index contributed by atoms with van der Waals surface area (Å²) in [5.74, 6) is 1.16. The highest BCUT2D eigenvalue weighted by molar-refractivity contribution is 6.30. The van der Waals surface area contributed by atoms with E-state index in [0.717, 1.165) is 35.9 Å². The van der Waals surface area contributed by atoms with Gasteiger partial charge in [-0.2, -0.15) is 0 Å². The summed E-state index contributed by atoms with van der Waals surface area (Å²) >= 11 is 5.90. The number of hydrogen-bond donors (Lipinski definition) is 3. The monoisotopic (exact) mass is 364 g/mol. The molecule has 1 aromatic carbocycles. The number of guanidine groups is 1. The van der Waals surface area contributed by atoms with Gasteiger partial charge in [0, 0.05) is 30.6 Å². The first-order valence-electron chi connectivity index (χ1n) is 9.23. The maximum atomic E-state index is 12.1. The van der Waals surface area contributed by atoms with Crippen LogP contribution in [0.1, 0.15) is 44.6 Å². The molecule has 138 valence electrons. The van der Waals surface area contributed by atoms with Crippen LogP contribution in [0.25, 0.3) is 0 Å². The van der Waals surface area contributed by atoms with Crippen molar-refractivity contribution in [2.75, 3.05) is 19.6 Å². The quantitative estimate of drug-likeness (QED) is 0.395. The maximum Gasteiger partial charge on any atom is 0.223 e. The lowest BCUT2D eigenvalue weighted by Gasteiger charge is -2.21. The minimum atomic E-state index is 0.199. The number of carbonyl (C=O) groups excluding carboxylic acids is 1. The molecule has 0 aromatic heterocycles. The normalized spacial score (nSPS) is 15.7. The third kappa shape index (κ3) is 7.34. The first-order valence-corrected chi connectivity index (χ1v) is 9.61. The Morgan fingerprint density at radius 3 is 2.44 bits per heavy atom. The smallest absolute Gasteiger partial charge is 0.223 e. The predicted molar refractivity (Wildman–Crippen MR) is 104 cm³/mol. The highest BCUT2D eigenvalue weighted by Gasteiger charge is 2.20. The van der Waals surface area contributed by atoms with Crippen molar-refractivity contribution in [3.8, 4) is 0 Å². The van der Waals surface area contributed by atoms with Crippen LogP contribution in [-0.4, -0.2) is 31.5 Å². The van der Waals surface area contributed by atoms with E-state index in [9.17, 15) is 4.79 Å². The van der Waals surface area contributed by atoms with Crippen LogP contribution < -0.4 is 16.0 Å². The van der Waals surface area contributed by atoms with Crippen molar-refractivity contribution in [1.82, 2.24) is 16.0 Å². The fraction of sp³-hybridized carbons (Fsp3) is 0.579. The number of amides is 1. The lowest BCUT2D eigenvalue weighted by molar-refractivity contribution is -0.125. The molecule has 0 saturated heterocycles. The number of rotatable bonds is 7. The lowest BCUT2D eigenvalue weighted by Crippen LogP contribution is -2.42. The topological polar surface area (TPSA) is 65.5 Å². The number of aliphatic imine (C=N–C) groups is 1. The van der Waals surface area contributed by atoms with Crippen molar-refractivity contribution in [1.29, 1.82) is 0 Å². The van der Waals surface area contributed by atoms with E-state index in [0.29, 0.717) is 19.6 Å².